The number of hydrogen-bond acceptors (Lipinski definition) is 1. The Balaban J connectivity index is 2.37. The molecule has 0 aliphatic rings. The van der Waals surface area contributed by atoms with E-state index in [4.69, 9.17) is 4.74 Å². The molecule has 0 amide bonds. The van der Waals surface area contributed by atoms with E-state index in [2.05, 4.69) is 13.8 Å². The van der Waals surface area contributed by atoms with Gasteiger partial charge in [-0.2, -0.15) is 0 Å². The van der Waals surface area contributed by atoms with Gasteiger partial charge >= 0.3 is 0 Å². The van der Waals surface area contributed by atoms with E-state index in [9.17, 15) is 4.39 Å². The van der Waals surface area contributed by atoms with Gasteiger partial charge < -0.3 is 4.74 Å². The molecule has 2 heteroatoms. The van der Waals surface area contributed by atoms with Crippen LogP contribution in [0.4, 0.5) is 4.39 Å². The molecule has 0 saturated carbocycles. The van der Waals surface area contributed by atoms with E-state index in [1.165, 1.54) is 31.4 Å². The maximum atomic E-state index is 12.9. The van der Waals surface area contributed by atoms with Gasteiger partial charge in [0.05, 0.1) is 6.61 Å². The van der Waals surface area contributed by atoms with Crippen LogP contribution >= 0.6 is 0 Å². The molecule has 1 nitrogen and oxygen atoms in total. The van der Waals surface area contributed by atoms with Crippen molar-refractivity contribution in [3.8, 4) is 5.75 Å². The average molecular weight is 224 g/mol. The van der Waals surface area contributed by atoms with Gasteiger partial charge in [0.25, 0.3) is 0 Å². The summed E-state index contributed by atoms with van der Waals surface area (Å²) in [5.41, 5.74) is 0. The zero-order valence-corrected chi connectivity index (χ0v) is 10.2. The van der Waals surface area contributed by atoms with Crippen LogP contribution in [0.5, 0.6) is 5.75 Å². The summed E-state index contributed by atoms with van der Waals surface area (Å²) < 4.78 is 18.5. The summed E-state index contributed by atoms with van der Waals surface area (Å²) in [7, 11) is 0. The highest BCUT2D eigenvalue weighted by Gasteiger charge is 2.06. The van der Waals surface area contributed by atoms with Crippen LogP contribution in [0, 0.1) is 11.7 Å². The van der Waals surface area contributed by atoms with Crippen molar-refractivity contribution >= 4 is 0 Å². The third-order valence-corrected chi connectivity index (χ3v) is 2.83. The highest BCUT2D eigenvalue weighted by molar-refractivity contribution is 5.22. The van der Waals surface area contributed by atoms with Gasteiger partial charge in [0, 0.05) is 6.07 Å². The van der Waals surface area contributed by atoms with Crippen molar-refractivity contribution in [1.29, 1.82) is 0 Å². The molecule has 1 unspecified atom stereocenters. The van der Waals surface area contributed by atoms with Crippen LogP contribution in [0.3, 0.4) is 0 Å². The molecule has 0 aliphatic carbocycles. The lowest BCUT2D eigenvalue weighted by Gasteiger charge is -2.15. The SMILES string of the molecule is CCCCC(CC)COc1cccc(F)c1. The fraction of sp³-hybridized carbons (Fsp3) is 0.571. The van der Waals surface area contributed by atoms with Crippen molar-refractivity contribution in [2.45, 2.75) is 39.5 Å². The highest BCUT2D eigenvalue weighted by atomic mass is 19.1. The largest absolute Gasteiger partial charge is 0.493 e. The monoisotopic (exact) mass is 224 g/mol. The standard InChI is InChI=1S/C14H21FO/c1-3-5-7-12(4-2)11-16-14-9-6-8-13(15)10-14/h6,8-10,12H,3-5,7,11H2,1-2H3. The smallest absolute Gasteiger partial charge is 0.126 e. The van der Waals surface area contributed by atoms with E-state index in [1.54, 1.807) is 12.1 Å². The molecule has 0 N–H and O–H groups in total. The van der Waals surface area contributed by atoms with E-state index in [1.807, 2.05) is 0 Å². The number of rotatable bonds is 7. The first kappa shape index (κ1) is 13.0. The molecule has 0 aromatic heterocycles. The quantitative estimate of drug-likeness (QED) is 0.666. The zero-order chi connectivity index (χ0) is 11.8. The number of hydrogen-bond donors (Lipinski definition) is 0. The summed E-state index contributed by atoms with van der Waals surface area (Å²) in [5, 5.41) is 0. The molecular weight excluding hydrogens is 203 g/mol. The molecule has 16 heavy (non-hydrogen) atoms. The van der Waals surface area contributed by atoms with Crippen molar-refractivity contribution < 1.29 is 9.13 Å². The Morgan fingerprint density at radius 3 is 2.75 bits per heavy atom. The van der Waals surface area contributed by atoms with Gasteiger partial charge in [-0.1, -0.05) is 39.2 Å². The second-order valence-electron chi connectivity index (χ2n) is 4.18. The van der Waals surface area contributed by atoms with Crippen LogP contribution < -0.4 is 4.74 Å². The molecule has 0 aliphatic heterocycles. The van der Waals surface area contributed by atoms with Crippen molar-refractivity contribution in [1.82, 2.24) is 0 Å². The Hall–Kier alpha value is -1.05. The molecule has 90 valence electrons. The van der Waals surface area contributed by atoms with E-state index >= 15 is 0 Å². The molecule has 0 heterocycles. The van der Waals surface area contributed by atoms with Gasteiger partial charge in [0.1, 0.15) is 11.6 Å². The van der Waals surface area contributed by atoms with E-state index < -0.39 is 0 Å². The van der Waals surface area contributed by atoms with E-state index in [0.29, 0.717) is 18.3 Å². The summed E-state index contributed by atoms with van der Waals surface area (Å²) in [6.45, 7) is 5.06. The Morgan fingerprint density at radius 2 is 2.12 bits per heavy atom. The normalized spacial score (nSPS) is 12.4. The Labute approximate surface area is 97.6 Å². The van der Waals surface area contributed by atoms with Gasteiger partial charge in [-0.05, 0) is 24.5 Å². The third kappa shape index (κ3) is 4.65. The minimum Gasteiger partial charge on any atom is -0.493 e. The van der Waals surface area contributed by atoms with Crippen molar-refractivity contribution in [3.05, 3.63) is 30.1 Å². The first-order valence-corrected chi connectivity index (χ1v) is 6.14. The number of halogens is 1. The molecule has 0 saturated heterocycles. The number of unbranched alkanes of at least 4 members (excludes halogenated alkanes) is 1. The van der Waals surface area contributed by atoms with Gasteiger partial charge in [0.2, 0.25) is 0 Å². The molecule has 0 radical (unpaired) electrons. The van der Waals surface area contributed by atoms with Crippen LogP contribution in [-0.2, 0) is 0 Å². The summed E-state index contributed by atoms with van der Waals surface area (Å²) in [4.78, 5) is 0. The molecule has 1 aromatic carbocycles. The van der Waals surface area contributed by atoms with Crippen molar-refractivity contribution in [2.75, 3.05) is 6.61 Å². The molecule has 1 atom stereocenters. The molecule has 0 fully saturated rings. The second-order valence-corrected chi connectivity index (χ2v) is 4.18. The summed E-state index contributed by atoms with van der Waals surface area (Å²) in [6.07, 6.45) is 4.78. The van der Waals surface area contributed by atoms with Crippen molar-refractivity contribution in [2.24, 2.45) is 5.92 Å². The predicted octanol–water partition coefficient (Wildman–Crippen LogP) is 4.42. The van der Waals surface area contributed by atoms with Crippen LogP contribution in [-0.4, -0.2) is 6.61 Å². The number of benzene rings is 1. The third-order valence-electron chi connectivity index (χ3n) is 2.83. The van der Waals surface area contributed by atoms with Gasteiger partial charge in [-0.3, -0.25) is 0 Å². The van der Waals surface area contributed by atoms with Crippen LogP contribution in [0.2, 0.25) is 0 Å². The summed E-state index contributed by atoms with van der Waals surface area (Å²) in [6, 6.07) is 6.35. The summed E-state index contributed by atoms with van der Waals surface area (Å²) >= 11 is 0. The fourth-order valence-electron chi connectivity index (χ4n) is 1.67. The lowest BCUT2D eigenvalue weighted by atomic mass is 10.0. The minimum absolute atomic E-state index is 0.237. The van der Waals surface area contributed by atoms with Crippen LogP contribution in [0.25, 0.3) is 0 Å². The lowest BCUT2D eigenvalue weighted by Crippen LogP contribution is -2.11. The van der Waals surface area contributed by atoms with E-state index in [0.717, 1.165) is 6.42 Å². The zero-order valence-electron chi connectivity index (χ0n) is 10.2. The molecular formula is C14H21FO. The molecule has 1 aromatic rings. The maximum Gasteiger partial charge on any atom is 0.126 e. The lowest BCUT2D eigenvalue weighted by molar-refractivity contribution is 0.232. The highest BCUT2D eigenvalue weighted by Crippen LogP contribution is 2.17. The van der Waals surface area contributed by atoms with Crippen LogP contribution in [0.1, 0.15) is 39.5 Å². The Kier molecular flexibility index (Phi) is 5.91. The molecule has 0 bridgehead atoms. The Bertz CT molecular complexity index is 299. The van der Waals surface area contributed by atoms with Gasteiger partial charge in [0.15, 0.2) is 0 Å². The van der Waals surface area contributed by atoms with E-state index in [-0.39, 0.29) is 5.82 Å². The first-order valence-electron chi connectivity index (χ1n) is 6.14. The number of ether oxygens (including phenoxy) is 1. The topological polar surface area (TPSA) is 9.23 Å². The molecule has 1 rings (SSSR count). The van der Waals surface area contributed by atoms with Gasteiger partial charge in [-0.15, -0.1) is 0 Å². The first-order chi connectivity index (χ1) is 7.76. The van der Waals surface area contributed by atoms with Crippen LogP contribution in [0.15, 0.2) is 24.3 Å². The summed E-state index contributed by atoms with van der Waals surface area (Å²) in [5.74, 6) is 0.984. The minimum atomic E-state index is -0.237. The fourth-order valence-corrected chi connectivity index (χ4v) is 1.67. The predicted molar refractivity (Wildman–Crippen MR) is 65.2 cm³/mol. The molecule has 0 spiro atoms. The average Bonchev–Trinajstić information content (AvgIpc) is 2.29. The van der Waals surface area contributed by atoms with Gasteiger partial charge in [-0.25, -0.2) is 4.39 Å². The Morgan fingerprint density at radius 1 is 1.31 bits per heavy atom. The second kappa shape index (κ2) is 7.26. The van der Waals surface area contributed by atoms with Crippen molar-refractivity contribution in [3.63, 3.8) is 0 Å². The maximum absolute atomic E-state index is 12.9.